The molecule has 0 fully saturated rings. The Bertz CT molecular complexity index is 618. The Hall–Kier alpha value is -2.08. The fourth-order valence-corrected chi connectivity index (χ4v) is 3.41. The molecule has 0 saturated carbocycles. The summed E-state index contributed by atoms with van der Waals surface area (Å²) in [7, 11) is 4.98. The summed E-state index contributed by atoms with van der Waals surface area (Å²) in [4.78, 5) is 32.9. The van der Waals surface area contributed by atoms with Gasteiger partial charge in [-0.25, -0.2) is 4.79 Å². The van der Waals surface area contributed by atoms with Crippen LogP contribution in [0.3, 0.4) is 0 Å². The topological polar surface area (TPSA) is 107 Å². The Labute approximate surface area is 168 Å². The van der Waals surface area contributed by atoms with Gasteiger partial charge in [0.05, 0.1) is 13.0 Å². The highest BCUT2D eigenvalue weighted by molar-refractivity contribution is 8.76. The maximum absolute atomic E-state index is 11.8. The second kappa shape index (κ2) is 14.0. The zero-order chi connectivity index (χ0) is 21.6. The number of carbonyl (C=O) groups excluding carboxylic acids is 1. The van der Waals surface area contributed by atoms with Crippen LogP contribution in [0.1, 0.15) is 6.42 Å². The van der Waals surface area contributed by atoms with Crippen molar-refractivity contribution in [3.05, 3.63) is 30.3 Å². The molecule has 7 nitrogen and oxygen atoms in total. The van der Waals surface area contributed by atoms with Crippen LogP contribution in [0, 0.1) is 0 Å². The van der Waals surface area contributed by atoms with Gasteiger partial charge in [-0.1, -0.05) is 39.8 Å². The predicted octanol–water partition coefficient (Wildman–Crippen LogP) is 2.73. The average Bonchev–Trinajstić information content (AvgIpc) is 2.61. The minimum Gasteiger partial charge on any atom is -0.481 e. The number of anilines is 1. The molecule has 3 N–H and O–H groups in total. The summed E-state index contributed by atoms with van der Waals surface area (Å²) < 4.78 is 31.7. The lowest BCUT2D eigenvalue weighted by molar-refractivity contribution is -0.192. The van der Waals surface area contributed by atoms with Crippen molar-refractivity contribution < 1.29 is 37.8 Å². The van der Waals surface area contributed by atoms with E-state index in [1.54, 1.807) is 10.8 Å². The van der Waals surface area contributed by atoms with Crippen LogP contribution >= 0.6 is 21.6 Å². The predicted molar refractivity (Wildman–Crippen MR) is 104 cm³/mol. The van der Waals surface area contributed by atoms with Crippen molar-refractivity contribution in [3.63, 3.8) is 0 Å². The van der Waals surface area contributed by atoms with Crippen LogP contribution in [0.2, 0.25) is 0 Å². The zero-order valence-corrected chi connectivity index (χ0v) is 16.6. The monoisotopic (exact) mass is 442 g/mol. The molecule has 1 rings (SSSR count). The van der Waals surface area contributed by atoms with Gasteiger partial charge in [-0.15, -0.1) is 0 Å². The number of carboxylic acids is 2. The number of rotatable bonds is 10. The second-order valence-corrected chi connectivity index (χ2v) is 7.83. The lowest BCUT2D eigenvalue weighted by Crippen LogP contribution is -2.36. The molecular weight excluding hydrogens is 421 g/mol. The number of likely N-dealkylation sites (N-methyl/N-ethyl adjacent to an activating group) is 1. The molecule has 0 bridgehead atoms. The van der Waals surface area contributed by atoms with E-state index in [2.05, 4.69) is 5.32 Å². The molecule has 0 aliphatic rings. The molecule has 158 valence electrons. The molecule has 0 heterocycles. The molecule has 28 heavy (non-hydrogen) atoms. The van der Waals surface area contributed by atoms with Gasteiger partial charge in [0.2, 0.25) is 5.91 Å². The van der Waals surface area contributed by atoms with Crippen LogP contribution in [-0.2, 0) is 14.4 Å². The number of carbonyl (C=O) groups is 3. The van der Waals surface area contributed by atoms with Gasteiger partial charge in [-0.2, -0.15) is 13.2 Å². The third-order valence-corrected chi connectivity index (χ3v) is 5.22. The molecule has 1 aromatic carbocycles. The third-order valence-electron chi connectivity index (χ3n) is 2.81. The van der Waals surface area contributed by atoms with Gasteiger partial charge in [0, 0.05) is 30.8 Å². The SMILES string of the molecule is CN(CC(=O)NCCSSCCC(=O)O)c1ccccc1.O=C(O)C(F)(F)F. The van der Waals surface area contributed by atoms with Crippen LogP contribution in [0.25, 0.3) is 0 Å². The van der Waals surface area contributed by atoms with E-state index in [-0.39, 0.29) is 12.3 Å². The van der Waals surface area contributed by atoms with Crippen molar-refractivity contribution >= 4 is 45.1 Å². The van der Waals surface area contributed by atoms with Gasteiger partial charge in [-0.05, 0) is 12.1 Å². The van der Waals surface area contributed by atoms with Gasteiger partial charge < -0.3 is 20.4 Å². The Balaban J connectivity index is 0.000000887. The molecule has 0 radical (unpaired) electrons. The first kappa shape index (κ1) is 25.9. The van der Waals surface area contributed by atoms with Crippen LogP contribution in [-0.4, -0.2) is 65.9 Å². The summed E-state index contributed by atoms with van der Waals surface area (Å²) in [6.07, 6.45) is -4.91. The number of aliphatic carboxylic acids is 2. The van der Waals surface area contributed by atoms with Gasteiger partial charge in [0.25, 0.3) is 0 Å². The number of alkyl halides is 3. The number of hydrogen-bond donors (Lipinski definition) is 3. The number of benzene rings is 1. The Morgan fingerprint density at radius 3 is 2.11 bits per heavy atom. The molecule has 0 saturated heterocycles. The van der Waals surface area contributed by atoms with Crippen molar-refractivity contribution in [3.8, 4) is 0 Å². The van der Waals surface area contributed by atoms with E-state index < -0.39 is 18.1 Å². The highest BCUT2D eigenvalue weighted by Gasteiger charge is 2.38. The van der Waals surface area contributed by atoms with Crippen LogP contribution in [0.4, 0.5) is 18.9 Å². The number of nitrogens with one attached hydrogen (secondary N) is 1. The molecule has 12 heteroatoms. The quantitative estimate of drug-likeness (QED) is 0.375. The molecule has 0 spiro atoms. The number of halogens is 3. The first-order valence-electron chi connectivity index (χ1n) is 7.83. The lowest BCUT2D eigenvalue weighted by Gasteiger charge is -2.18. The van der Waals surface area contributed by atoms with Crippen molar-refractivity contribution in [2.75, 3.05) is 36.5 Å². The molecule has 1 amide bonds. The number of para-hydroxylation sites is 1. The van der Waals surface area contributed by atoms with Crippen LogP contribution in [0.5, 0.6) is 0 Å². The molecule has 0 atom stereocenters. The molecule has 0 unspecified atom stereocenters. The highest BCUT2D eigenvalue weighted by atomic mass is 33.1. The summed E-state index contributed by atoms with van der Waals surface area (Å²) in [5.41, 5.74) is 1.01. The van der Waals surface area contributed by atoms with E-state index in [1.807, 2.05) is 42.3 Å². The van der Waals surface area contributed by atoms with Gasteiger partial charge >= 0.3 is 18.1 Å². The number of carboxylic acid groups (broad SMARTS) is 2. The van der Waals surface area contributed by atoms with E-state index >= 15 is 0 Å². The standard InChI is InChI=1S/C14H20N2O3S2.C2HF3O2/c1-16(12-5-3-2-4-6-12)11-13(17)15-8-10-21-20-9-7-14(18)19;3-2(4,5)1(6)7/h2-6H,7-11H2,1H3,(H,15,17)(H,18,19);(H,6,7). The first-order chi connectivity index (χ1) is 13.0. The summed E-state index contributed by atoms with van der Waals surface area (Å²) >= 11 is 0. The molecule has 0 aromatic heterocycles. The maximum atomic E-state index is 11.8. The van der Waals surface area contributed by atoms with Crippen molar-refractivity contribution in [1.82, 2.24) is 5.32 Å². The van der Waals surface area contributed by atoms with E-state index in [1.165, 1.54) is 10.8 Å². The van der Waals surface area contributed by atoms with E-state index in [9.17, 15) is 22.8 Å². The number of nitrogens with zero attached hydrogens (tertiary/aromatic N) is 1. The van der Waals surface area contributed by atoms with Crippen LogP contribution < -0.4 is 10.2 Å². The zero-order valence-electron chi connectivity index (χ0n) is 14.9. The normalized spacial score (nSPS) is 10.4. The summed E-state index contributed by atoms with van der Waals surface area (Å²) in [6, 6.07) is 9.74. The van der Waals surface area contributed by atoms with Crippen molar-refractivity contribution in [2.24, 2.45) is 0 Å². The lowest BCUT2D eigenvalue weighted by atomic mass is 10.3. The van der Waals surface area contributed by atoms with E-state index in [0.29, 0.717) is 18.8 Å². The minimum absolute atomic E-state index is 0.0162. The molecule has 0 aliphatic heterocycles. The fourth-order valence-electron chi connectivity index (χ4n) is 1.52. The fraction of sp³-hybridized carbons (Fsp3) is 0.438. The van der Waals surface area contributed by atoms with Gasteiger partial charge in [0.1, 0.15) is 0 Å². The smallest absolute Gasteiger partial charge is 0.481 e. The molecule has 1 aromatic rings. The molecule has 0 aliphatic carbocycles. The maximum Gasteiger partial charge on any atom is 0.490 e. The third kappa shape index (κ3) is 14.0. The first-order valence-corrected chi connectivity index (χ1v) is 10.3. The minimum atomic E-state index is -5.08. The Kier molecular flexibility index (Phi) is 13.0. The largest absolute Gasteiger partial charge is 0.490 e. The number of hydrogen-bond acceptors (Lipinski definition) is 6. The van der Waals surface area contributed by atoms with Gasteiger partial charge in [0.15, 0.2) is 0 Å². The summed E-state index contributed by atoms with van der Waals surface area (Å²) in [5.74, 6) is -2.19. The summed E-state index contributed by atoms with van der Waals surface area (Å²) in [6.45, 7) is 0.910. The number of amides is 1. The van der Waals surface area contributed by atoms with E-state index in [4.69, 9.17) is 15.0 Å². The summed E-state index contributed by atoms with van der Waals surface area (Å²) in [5, 5.41) is 18.5. The second-order valence-electron chi connectivity index (χ2n) is 5.13. The van der Waals surface area contributed by atoms with Crippen LogP contribution in [0.15, 0.2) is 30.3 Å². The van der Waals surface area contributed by atoms with Gasteiger partial charge in [-0.3, -0.25) is 9.59 Å². The van der Waals surface area contributed by atoms with E-state index in [0.717, 1.165) is 11.4 Å². The van der Waals surface area contributed by atoms with Crippen molar-refractivity contribution in [2.45, 2.75) is 12.6 Å². The highest BCUT2D eigenvalue weighted by Crippen LogP contribution is 2.20. The Morgan fingerprint density at radius 1 is 1.07 bits per heavy atom. The molecular formula is C16H21F3N2O5S2. The average molecular weight is 442 g/mol. The van der Waals surface area contributed by atoms with Crippen molar-refractivity contribution in [1.29, 1.82) is 0 Å². The Morgan fingerprint density at radius 2 is 1.61 bits per heavy atom.